The fourth-order valence-electron chi connectivity index (χ4n) is 2.11. The SMILES string of the molecule is CNC(CCc1ccco1)c1ccc(OC)cc1F. The van der Waals surface area contributed by atoms with Crippen LogP contribution >= 0.6 is 0 Å². The number of halogens is 1. The van der Waals surface area contributed by atoms with Crippen LogP contribution in [-0.4, -0.2) is 14.2 Å². The van der Waals surface area contributed by atoms with Crippen molar-refractivity contribution < 1.29 is 13.5 Å². The minimum absolute atomic E-state index is 0.0454. The maximum Gasteiger partial charge on any atom is 0.131 e. The van der Waals surface area contributed by atoms with Gasteiger partial charge in [0.05, 0.1) is 13.4 Å². The first-order valence-corrected chi connectivity index (χ1v) is 6.27. The van der Waals surface area contributed by atoms with Gasteiger partial charge in [-0.3, -0.25) is 0 Å². The van der Waals surface area contributed by atoms with E-state index in [2.05, 4.69) is 5.32 Å². The first kappa shape index (κ1) is 13.6. The van der Waals surface area contributed by atoms with Crippen LogP contribution in [0.3, 0.4) is 0 Å². The first-order chi connectivity index (χ1) is 9.24. The second-order valence-electron chi connectivity index (χ2n) is 4.35. The highest BCUT2D eigenvalue weighted by Gasteiger charge is 2.15. The van der Waals surface area contributed by atoms with Crippen LogP contribution in [0.2, 0.25) is 0 Å². The highest BCUT2D eigenvalue weighted by atomic mass is 19.1. The summed E-state index contributed by atoms with van der Waals surface area (Å²) in [7, 11) is 3.36. The molecule has 1 heterocycles. The predicted molar refractivity (Wildman–Crippen MR) is 71.8 cm³/mol. The van der Waals surface area contributed by atoms with Gasteiger partial charge in [0.1, 0.15) is 17.3 Å². The summed E-state index contributed by atoms with van der Waals surface area (Å²) in [5.41, 5.74) is 0.648. The van der Waals surface area contributed by atoms with E-state index in [4.69, 9.17) is 9.15 Å². The van der Waals surface area contributed by atoms with Crippen molar-refractivity contribution in [3.8, 4) is 5.75 Å². The van der Waals surface area contributed by atoms with E-state index in [0.717, 1.165) is 18.6 Å². The Morgan fingerprint density at radius 2 is 2.21 bits per heavy atom. The Morgan fingerprint density at radius 1 is 1.37 bits per heavy atom. The van der Waals surface area contributed by atoms with Gasteiger partial charge >= 0.3 is 0 Å². The van der Waals surface area contributed by atoms with Gasteiger partial charge in [-0.15, -0.1) is 0 Å². The average molecular weight is 263 g/mol. The van der Waals surface area contributed by atoms with Crippen molar-refractivity contribution in [1.29, 1.82) is 0 Å². The topological polar surface area (TPSA) is 34.4 Å². The number of furan rings is 1. The van der Waals surface area contributed by atoms with E-state index in [0.29, 0.717) is 11.3 Å². The summed E-state index contributed by atoms with van der Waals surface area (Å²) in [5.74, 6) is 1.19. The summed E-state index contributed by atoms with van der Waals surface area (Å²) in [6.07, 6.45) is 3.19. The lowest BCUT2D eigenvalue weighted by Crippen LogP contribution is -2.18. The summed E-state index contributed by atoms with van der Waals surface area (Å²) in [5, 5.41) is 3.14. The molecule has 0 spiro atoms. The minimum atomic E-state index is -0.252. The lowest BCUT2D eigenvalue weighted by Gasteiger charge is -2.17. The quantitative estimate of drug-likeness (QED) is 0.868. The van der Waals surface area contributed by atoms with Crippen molar-refractivity contribution >= 4 is 0 Å². The van der Waals surface area contributed by atoms with Gasteiger partial charge in [0.15, 0.2) is 0 Å². The summed E-state index contributed by atoms with van der Waals surface area (Å²) in [6, 6.07) is 8.69. The van der Waals surface area contributed by atoms with E-state index in [9.17, 15) is 4.39 Å². The molecule has 1 aromatic heterocycles. The molecule has 1 N–H and O–H groups in total. The highest BCUT2D eigenvalue weighted by molar-refractivity contribution is 5.31. The number of hydrogen-bond donors (Lipinski definition) is 1. The molecule has 1 atom stereocenters. The number of hydrogen-bond acceptors (Lipinski definition) is 3. The zero-order chi connectivity index (χ0) is 13.7. The lowest BCUT2D eigenvalue weighted by molar-refractivity contribution is 0.408. The van der Waals surface area contributed by atoms with Gasteiger partial charge in [-0.25, -0.2) is 4.39 Å². The Morgan fingerprint density at radius 3 is 2.79 bits per heavy atom. The standard InChI is InChI=1S/C15H18FNO2/c1-17-15(8-6-11-4-3-9-19-11)13-7-5-12(18-2)10-14(13)16/h3-5,7,9-10,15,17H,6,8H2,1-2H3. The monoisotopic (exact) mass is 263 g/mol. The van der Waals surface area contributed by atoms with E-state index < -0.39 is 0 Å². The number of aryl methyl sites for hydroxylation is 1. The Labute approximate surface area is 112 Å². The van der Waals surface area contributed by atoms with Crippen LogP contribution < -0.4 is 10.1 Å². The number of nitrogens with one attached hydrogen (secondary N) is 1. The fourth-order valence-corrected chi connectivity index (χ4v) is 2.11. The molecule has 0 aliphatic heterocycles. The lowest BCUT2D eigenvalue weighted by atomic mass is 10.0. The Bertz CT molecular complexity index is 511. The van der Waals surface area contributed by atoms with Gasteiger partial charge in [-0.1, -0.05) is 6.07 Å². The molecule has 0 saturated carbocycles. The van der Waals surface area contributed by atoms with Crippen molar-refractivity contribution in [2.24, 2.45) is 0 Å². The van der Waals surface area contributed by atoms with Crippen molar-refractivity contribution in [2.45, 2.75) is 18.9 Å². The Hall–Kier alpha value is -1.81. The summed E-state index contributed by atoms with van der Waals surface area (Å²) in [4.78, 5) is 0. The molecule has 0 saturated heterocycles. The molecule has 1 unspecified atom stereocenters. The molecule has 0 amide bonds. The molecule has 0 fully saturated rings. The molecular formula is C15H18FNO2. The number of benzene rings is 1. The molecule has 19 heavy (non-hydrogen) atoms. The molecule has 102 valence electrons. The van der Waals surface area contributed by atoms with Crippen LogP contribution in [0.4, 0.5) is 4.39 Å². The zero-order valence-electron chi connectivity index (χ0n) is 11.2. The molecular weight excluding hydrogens is 245 g/mol. The van der Waals surface area contributed by atoms with Crippen molar-refractivity contribution in [1.82, 2.24) is 5.32 Å². The molecule has 3 nitrogen and oxygen atoms in total. The smallest absolute Gasteiger partial charge is 0.131 e. The van der Waals surface area contributed by atoms with Crippen molar-refractivity contribution in [3.05, 3.63) is 53.7 Å². The first-order valence-electron chi connectivity index (χ1n) is 6.27. The van der Waals surface area contributed by atoms with Crippen LogP contribution in [0.1, 0.15) is 23.8 Å². The van der Waals surface area contributed by atoms with Gasteiger partial charge in [-0.05, 0) is 31.7 Å². The molecule has 0 radical (unpaired) electrons. The van der Waals surface area contributed by atoms with Crippen LogP contribution in [0, 0.1) is 5.82 Å². The third kappa shape index (κ3) is 3.35. The molecule has 2 aromatic rings. The number of rotatable bonds is 6. The van der Waals surface area contributed by atoms with Crippen molar-refractivity contribution in [3.63, 3.8) is 0 Å². The molecule has 0 aliphatic rings. The minimum Gasteiger partial charge on any atom is -0.497 e. The average Bonchev–Trinajstić information content (AvgIpc) is 2.94. The van der Waals surface area contributed by atoms with E-state index in [-0.39, 0.29) is 11.9 Å². The van der Waals surface area contributed by atoms with E-state index >= 15 is 0 Å². The molecule has 0 bridgehead atoms. The van der Waals surface area contributed by atoms with E-state index in [1.807, 2.05) is 19.2 Å². The molecule has 4 heteroatoms. The van der Waals surface area contributed by atoms with Crippen LogP contribution in [0.25, 0.3) is 0 Å². The van der Waals surface area contributed by atoms with Crippen LogP contribution in [0.15, 0.2) is 41.0 Å². The van der Waals surface area contributed by atoms with Gasteiger partial charge < -0.3 is 14.5 Å². The number of ether oxygens (including phenoxy) is 1. The van der Waals surface area contributed by atoms with Gasteiger partial charge in [-0.2, -0.15) is 0 Å². The Kier molecular flexibility index (Phi) is 4.58. The van der Waals surface area contributed by atoms with Crippen LogP contribution in [0.5, 0.6) is 5.75 Å². The Balaban J connectivity index is 2.08. The van der Waals surface area contributed by atoms with E-state index in [1.54, 1.807) is 18.4 Å². The maximum atomic E-state index is 14.0. The summed E-state index contributed by atoms with van der Waals surface area (Å²) in [6.45, 7) is 0. The van der Waals surface area contributed by atoms with Gasteiger partial charge in [0.25, 0.3) is 0 Å². The second-order valence-corrected chi connectivity index (χ2v) is 4.35. The summed E-state index contributed by atoms with van der Waals surface area (Å²) >= 11 is 0. The summed E-state index contributed by atoms with van der Waals surface area (Å²) < 4.78 is 24.3. The third-order valence-corrected chi connectivity index (χ3v) is 3.19. The maximum absolute atomic E-state index is 14.0. The number of methoxy groups -OCH3 is 1. The van der Waals surface area contributed by atoms with Crippen LogP contribution in [-0.2, 0) is 6.42 Å². The largest absolute Gasteiger partial charge is 0.497 e. The van der Waals surface area contributed by atoms with Gasteiger partial charge in [0.2, 0.25) is 0 Å². The zero-order valence-corrected chi connectivity index (χ0v) is 11.2. The highest BCUT2D eigenvalue weighted by Crippen LogP contribution is 2.25. The van der Waals surface area contributed by atoms with Gasteiger partial charge in [0, 0.05) is 24.1 Å². The second kappa shape index (κ2) is 6.38. The molecule has 0 aliphatic carbocycles. The predicted octanol–water partition coefficient (Wildman–Crippen LogP) is 3.32. The normalized spacial score (nSPS) is 12.4. The fraction of sp³-hybridized carbons (Fsp3) is 0.333. The van der Waals surface area contributed by atoms with Crippen molar-refractivity contribution in [2.75, 3.05) is 14.2 Å². The third-order valence-electron chi connectivity index (χ3n) is 3.19. The molecule has 2 rings (SSSR count). The van der Waals surface area contributed by atoms with E-state index in [1.165, 1.54) is 13.2 Å². The molecule has 1 aromatic carbocycles.